The summed E-state index contributed by atoms with van der Waals surface area (Å²) in [6.45, 7) is 4.37. The summed E-state index contributed by atoms with van der Waals surface area (Å²) in [5.74, 6) is 0.195. The fourth-order valence-corrected chi connectivity index (χ4v) is 3.23. The van der Waals surface area contributed by atoms with Crippen LogP contribution in [0, 0.1) is 6.92 Å². The lowest BCUT2D eigenvalue weighted by Crippen LogP contribution is -2.33. The predicted octanol–water partition coefficient (Wildman–Crippen LogP) is 5.06. The third kappa shape index (κ3) is 5.95. The third-order valence-corrected chi connectivity index (χ3v) is 4.99. The molecule has 0 fully saturated rings. The molecule has 5 nitrogen and oxygen atoms in total. The Morgan fingerprint density at radius 3 is 2.26 bits per heavy atom. The van der Waals surface area contributed by atoms with Gasteiger partial charge in [-0.2, -0.15) is 0 Å². The number of ether oxygens (including phenoxy) is 1. The number of rotatable bonds is 8. The lowest BCUT2D eigenvalue weighted by Gasteiger charge is -2.21. The molecular formula is C26H28N2O3. The molecule has 0 aliphatic rings. The van der Waals surface area contributed by atoms with Crippen LogP contribution >= 0.6 is 0 Å². The molecule has 3 rings (SSSR count). The second-order valence-corrected chi connectivity index (χ2v) is 7.51. The van der Waals surface area contributed by atoms with E-state index in [1.54, 1.807) is 36.2 Å². The van der Waals surface area contributed by atoms with E-state index in [2.05, 4.69) is 5.32 Å². The zero-order chi connectivity index (χ0) is 22.2. The van der Waals surface area contributed by atoms with Gasteiger partial charge in [0, 0.05) is 13.6 Å². The molecule has 3 aromatic rings. The van der Waals surface area contributed by atoms with E-state index in [9.17, 15) is 9.59 Å². The van der Waals surface area contributed by atoms with E-state index in [-0.39, 0.29) is 11.8 Å². The molecule has 0 saturated heterocycles. The molecule has 0 radical (unpaired) electrons. The molecule has 0 spiro atoms. The number of hydrogen-bond acceptors (Lipinski definition) is 3. The number of anilines is 1. The van der Waals surface area contributed by atoms with Gasteiger partial charge in [-0.15, -0.1) is 0 Å². The topological polar surface area (TPSA) is 58.6 Å². The van der Waals surface area contributed by atoms with Crippen molar-refractivity contribution >= 4 is 17.5 Å². The van der Waals surface area contributed by atoms with Gasteiger partial charge in [0.1, 0.15) is 5.75 Å². The largest absolute Gasteiger partial charge is 0.481 e. The highest BCUT2D eigenvalue weighted by molar-refractivity contribution is 6.04. The Kier molecular flexibility index (Phi) is 7.44. The van der Waals surface area contributed by atoms with Crippen LogP contribution in [-0.4, -0.2) is 29.9 Å². The lowest BCUT2D eigenvalue weighted by atomic mass is 10.1. The van der Waals surface area contributed by atoms with E-state index in [4.69, 9.17) is 4.74 Å². The summed E-state index contributed by atoms with van der Waals surface area (Å²) in [6, 6.07) is 24.4. The highest BCUT2D eigenvalue weighted by Gasteiger charge is 2.22. The van der Waals surface area contributed by atoms with Gasteiger partial charge in [0.15, 0.2) is 6.10 Å². The number of benzene rings is 3. The third-order valence-electron chi connectivity index (χ3n) is 4.99. The molecule has 1 atom stereocenters. The molecule has 0 heterocycles. The van der Waals surface area contributed by atoms with Crippen molar-refractivity contribution in [2.45, 2.75) is 32.9 Å². The molecule has 31 heavy (non-hydrogen) atoms. The van der Waals surface area contributed by atoms with Gasteiger partial charge in [0.25, 0.3) is 11.8 Å². The van der Waals surface area contributed by atoms with Gasteiger partial charge < -0.3 is 15.0 Å². The van der Waals surface area contributed by atoms with Crippen molar-refractivity contribution in [2.75, 3.05) is 12.4 Å². The quantitative estimate of drug-likeness (QED) is 0.558. The van der Waals surface area contributed by atoms with Crippen LogP contribution in [0.5, 0.6) is 5.75 Å². The molecule has 3 aromatic carbocycles. The SMILES string of the molecule is CCC(Oc1ccc(C)cc1)C(=O)Nc1ccccc1C(=O)N(C)Cc1ccccc1. The Morgan fingerprint density at radius 1 is 0.935 bits per heavy atom. The maximum Gasteiger partial charge on any atom is 0.265 e. The zero-order valence-corrected chi connectivity index (χ0v) is 18.2. The summed E-state index contributed by atoms with van der Waals surface area (Å²) in [5, 5.41) is 2.88. The van der Waals surface area contributed by atoms with E-state index < -0.39 is 6.10 Å². The number of aryl methyl sites for hydroxylation is 1. The number of para-hydroxylation sites is 1. The number of carbonyl (C=O) groups excluding carboxylic acids is 2. The monoisotopic (exact) mass is 416 g/mol. The van der Waals surface area contributed by atoms with Gasteiger partial charge in [0.2, 0.25) is 0 Å². The summed E-state index contributed by atoms with van der Waals surface area (Å²) in [5.41, 5.74) is 3.08. The molecule has 5 heteroatoms. The smallest absolute Gasteiger partial charge is 0.265 e. The minimum Gasteiger partial charge on any atom is -0.481 e. The summed E-state index contributed by atoms with van der Waals surface area (Å²) in [7, 11) is 1.75. The summed E-state index contributed by atoms with van der Waals surface area (Å²) in [6.07, 6.45) is -0.156. The minimum absolute atomic E-state index is 0.160. The first-order valence-electron chi connectivity index (χ1n) is 10.4. The van der Waals surface area contributed by atoms with Crippen LogP contribution in [0.4, 0.5) is 5.69 Å². The van der Waals surface area contributed by atoms with E-state index in [0.717, 1.165) is 11.1 Å². The van der Waals surface area contributed by atoms with Crippen molar-refractivity contribution in [2.24, 2.45) is 0 Å². The first kappa shape index (κ1) is 22.1. The molecule has 1 N–H and O–H groups in total. The number of carbonyl (C=O) groups is 2. The van der Waals surface area contributed by atoms with Gasteiger partial charge >= 0.3 is 0 Å². The summed E-state index contributed by atoms with van der Waals surface area (Å²) in [4.78, 5) is 27.6. The second-order valence-electron chi connectivity index (χ2n) is 7.51. The first-order chi connectivity index (χ1) is 15.0. The standard InChI is InChI=1S/C26H28N2O3/c1-4-24(31-21-16-14-19(2)15-17-21)25(29)27-23-13-9-8-12-22(23)26(30)28(3)18-20-10-6-5-7-11-20/h5-17,24H,4,18H2,1-3H3,(H,27,29). The van der Waals surface area contributed by atoms with Crippen molar-refractivity contribution in [1.29, 1.82) is 0 Å². The Balaban J connectivity index is 1.72. The maximum absolute atomic E-state index is 13.1. The Bertz CT molecular complexity index is 1020. The van der Waals surface area contributed by atoms with Crippen LogP contribution in [0.1, 0.15) is 34.8 Å². The molecule has 0 bridgehead atoms. The van der Waals surface area contributed by atoms with Crippen LogP contribution in [0.2, 0.25) is 0 Å². The van der Waals surface area contributed by atoms with E-state index in [1.165, 1.54) is 0 Å². The van der Waals surface area contributed by atoms with Gasteiger partial charge in [-0.05, 0) is 43.2 Å². The Labute approximate surface area is 183 Å². The zero-order valence-electron chi connectivity index (χ0n) is 18.2. The fraction of sp³-hybridized carbons (Fsp3) is 0.231. The van der Waals surface area contributed by atoms with Gasteiger partial charge in [-0.25, -0.2) is 0 Å². The summed E-state index contributed by atoms with van der Waals surface area (Å²) < 4.78 is 5.87. The Morgan fingerprint density at radius 2 is 1.58 bits per heavy atom. The predicted molar refractivity (Wildman–Crippen MR) is 123 cm³/mol. The molecule has 0 aromatic heterocycles. The average molecular weight is 417 g/mol. The van der Waals surface area contributed by atoms with Crippen molar-refractivity contribution in [3.05, 3.63) is 95.6 Å². The van der Waals surface area contributed by atoms with Gasteiger partial charge in [-0.1, -0.05) is 67.1 Å². The number of amides is 2. The molecule has 0 aliphatic heterocycles. The van der Waals surface area contributed by atoms with Crippen molar-refractivity contribution in [1.82, 2.24) is 4.90 Å². The molecule has 0 aliphatic carbocycles. The van der Waals surface area contributed by atoms with Gasteiger partial charge in [-0.3, -0.25) is 9.59 Å². The second kappa shape index (κ2) is 10.4. The number of nitrogens with one attached hydrogen (secondary N) is 1. The van der Waals surface area contributed by atoms with Crippen LogP contribution in [0.25, 0.3) is 0 Å². The van der Waals surface area contributed by atoms with E-state index in [1.807, 2.05) is 68.4 Å². The molecular weight excluding hydrogens is 388 g/mol. The molecule has 2 amide bonds. The Hall–Kier alpha value is -3.60. The normalized spacial score (nSPS) is 11.5. The molecule has 0 saturated carbocycles. The van der Waals surface area contributed by atoms with E-state index >= 15 is 0 Å². The lowest BCUT2D eigenvalue weighted by molar-refractivity contribution is -0.122. The first-order valence-corrected chi connectivity index (χ1v) is 10.4. The van der Waals surface area contributed by atoms with E-state index in [0.29, 0.717) is 30.0 Å². The van der Waals surface area contributed by atoms with Crippen molar-refractivity contribution in [3.8, 4) is 5.75 Å². The van der Waals surface area contributed by atoms with Crippen LogP contribution in [0.3, 0.4) is 0 Å². The molecule has 160 valence electrons. The van der Waals surface area contributed by atoms with Gasteiger partial charge in [0.05, 0.1) is 11.3 Å². The minimum atomic E-state index is -0.659. The van der Waals surface area contributed by atoms with Crippen LogP contribution in [-0.2, 0) is 11.3 Å². The van der Waals surface area contributed by atoms with Crippen LogP contribution < -0.4 is 10.1 Å². The highest BCUT2D eigenvalue weighted by Crippen LogP contribution is 2.20. The average Bonchev–Trinajstić information content (AvgIpc) is 2.79. The fourth-order valence-electron chi connectivity index (χ4n) is 3.23. The van der Waals surface area contributed by atoms with Crippen molar-refractivity contribution in [3.63, 3.8) is 0 Å². The number of hydrogen-bond donors (Lipinski definition) is 1. The maximum atomic E-state index is 13.1. The van der Waals surface area contributed by atoms with Crippen molar-refractivity contribution < 1.29 is 14.3 Å². The highest BCUT2D eigenvalue weighted by atomic mass is 16.5. The summed E-state index contributed by atoms with van der Waals surface area (Å²) >= 11 is 0. The molecule has 1 unspecified atom stereocenters. The number of nitrogens with zero attached hydrogens (tertiary/aromatic N) is 1. The van der Waals surface area contributed by atoms with Crippen LogP contribution in [0.15, 0.2) is 78.9 Å².